The summed E-state index contributed by atoms with van der Waals surface area (Å²) in [5, 5.41) is 27.1. The predicted molar refractivity (Wildman–Crippen MR) is 241 cm³/mol. The number of hydrogen-bond donors (Lipinski definition) is 4. The summed E-state index contributed by atoms with van der Waals surface area (Å²) in [6, 6.07) is 18.6. The molecule has 0 spiro atoms. The van der Waals surface area contributed by atoms with E-state index in [1.54, 1.807) is 30.4 Å². The second-order valence-corrected chi connectivity index (χ2v) is 17.2. The Balaban J connectivity index is 1.19. The van der Waals surface area contributed by atoms with Crippen LogP contribution in [-0.2, 0) is 12.8 Å². The van der Waals surface area contributed by atoms with Crippen LogP contribution >= 0.6 is 35.5 Å². The lowest BCUT2D eigenvalue weighted by Crippen LogP contribution is -2.27. The summed E-state index contributed by atoms with van der Waals surface area (Å²) in [6.45, 7) is 8.85. The topological polar surface area (TPSA) is 83.9 Å². The molecule has 4 nitrogen and oxygen atoms in total. The van der Waals surface area contributed by atoms with E-state index in [2.05, 4.69) is 44.9 Å². The van der Waals surface area contributed by atoms with Gasteiger partial charge in [0.1, 0.15) is 17.3 Å². The molecule has 2 unspecified atom stereocenters. The summed E-state index contributed by atoms with van der Waals surface area (Å²) < 4.78 is 34.9. The van der Waals surface area contributed by atoms with Gasteiger partial charge in [-0.3, -0.25) is 16.2 Å². The Kier molecular flexibility index (Phi) is 13.8. The second kappa shape index (κ2) is 18.8. The standard InChI is InChI=1S/C47H50F2N4S3/c1-5-8-9-29(7-3)12-13-31-15-17-34(39(49)27-31)40-22-24-42(55-40)36-20-18-32(44(50)45(36)51)33-19-21-37(47(53-54)46(33)52)43-25-23-41(56-43)35-16-14-30(26-38(35)48)11-10-28(4)6-2/h14-29,50-52,54H,5-13H2,1-4H3/b50-44?,51-45?,52-46?,53-47-. The van der Waals surface area contributed by atoms with Crippen LogP contribution in [0.1, 0.15) is 93.5 Å². The normalized spacial score (nSPS) is 16.5. The van der Waals surface area contributed by atoms with Crippen molar-refractivity contribution < 1.29 is 8.78 Å². The zero-order valence-corrected chi connectivity index (χ0v) is 35.1. The maximum Gasteiger partial charge on any atom is 0.132 e. The molecule has 56 heavy (non-hydrogen) atoms. The summed E-state index contributed by atoms with van der Waals surface area (Å²) in [6.07, 6.45) is 16.9. The van der Waals surface area contributed by atoms with Crippen LogP contribution in [0.25, 0.3) is 32.0 Å². The Bertz CT molecular complexity index is 2300. The minimum atomic E-state index is -0.248. The van der Waals surface area contributed by atoms with Crippen molar-refractivity contribution in [2.75, 3.05) is 0 Å². The summed E-state index contributed by atoms with van der Waals surface area (Å²) in [5.41, 5.74) is 5.71. The molecule has 2 aliphatic carbocycles. The molecule has 0 aliphatic heterocycles. The molecule has 0 radical (unpaired) electrons. The Hall–Kier alpha value is -4.31. The number of aryl methyl sites for hydroxylation is 2. The average molecular weight is 805 g/mol. The van der Waals surface area contributed by atoms with Gasteiger partial charge in [-0.05, 0) is 97.9 Å². The Morgan fingerprint density at radius 1 is 0.607 bits per heavy atom. The fourth-order valence-electron chi connectivity index (χ4n) is 7.27. The Morgan fingerprint density at radius 3 is 1.64 bits per heavy atom. The largest absolute Gasteiger partial charge is 0.298 e. The highest BCUT2D eigenvalue weighted by molar-refractivity contribution is 7.79. The summed E-state index contributed by atoms with van der Waals surface area (Å²) in [5.74, 6) is 0.777. The Labute approximate surface area is 344 Å². The fraction of sp³-hybridized carbons (Fsp3) is 0.319. The van der Waals surface area contributed by atoms with Crippen molar-refractivity contribution in [3.8, 4) is 20.9 Å². The number of thiol groups is 1. The van der Waals surface area contributed by atoms with Gasteiger partial charge < -0.3 is 0 Å². The number of nitrogens with zero attached hydrogens (tertiary/aromatic N) is 1. The molecule has 9 heteroatoms. The molecule has 4 aromatic rings. The van der Waals surface area contributed by atoms with Crippen LogP contribution in [0.2, 0.25) is 0 Å². The third kappa shape index (κ3) is 9.11. The van der Waals surface area contributed by atoms with Crippen LogP contribution in [0, 0.1) is 39.7 Å². The van der Waals surface area contributed by atoms with E-state index in [-0.39, 0.29) is 28.8 Å². The molecule has 6 rings (SSSR count). The van der Waals surface area contributed by atoms with Crippen molar-refractivity contribution in [3.63, 3.8) is 0 Å². The number of nitrogens with one attached hydrogen (secondary N) is 3. The number of unbranched alkanes of at least 4 members (excludes halogenated alkanes) is 1. The van der Waals surface area contributed by atoms with Crippen LogP contribution in [0.3, 0.4) is 0 Å². The van der Waals surface area contributed by atoms with E-state index in [0.717, 1.165) is 69.2 Å². The lowest BCUT2D eigenvalue weighted by atomic mass is 9.82. The molecular formula is C47H50F2N4S3. The van der Waals surface area contributed by atoms with Crippen molar-refractivity contribution >= 4 is 69.5 Å². The molecule has 2 atom stereocenters. The average Bonchev–Trinajstić information content (AvgIpc) is 3.89. The number of halogens is 2. The number of thiophene rings is 2. The van der Waals surface area contributed by atoms with Crippen LogP contribution in [0.15, 0.2) is 101 Å². The fourth-order valence-corrected chi connectivity index (χ4v) is 9.60. The molecule has 290 valence electrons. The predicted octanol–water partition coefficient (Wildman–Crippen LogP) is 14.2. The molecule has 2 heterocycles. The molecular weight excluding hydrogens is 755 g/mol. The van der Waals surface area contributed by atoms with Crippen molar-refractivity contribution in [1.29, 1.82) is 16.2 Å². The van der Waals surface area contributed by atoms with E-state index < -0.39 is 0 Å². The van der Waals surface area contributed by atoms with Gasteiger partial charge in [0, 0.05) is 52.9 Å². The van der Waals surface area contributed by atoms with E-state index in [4.69, 9.17) is 16.2 Å². The van der Waals surface area contributed by atoms with Crippen LogP contribution in [0.5, 0.6) is 0 Å². The van der Waals surface area contributed by atoms with Gasteiger partial charge in [0.05, 0.1) is 17.1 Å². The highest BCUT2D eigenvalue weighted by Gasteiger charge is 2.30. The molecule has 3 N–H and O–H groups in total. The molecule has 2 aromatic heterocycles. The van der Waals surface area contributed by atoms with Crippen LogP contribution in [0.4, 0.5) is 8.78 Å². The summed E-state index contributed by atoms with van der Waals surface area (Å²) in [7, 11) is 0. The highest BCUT2D eigenvalue weighted by Crippen LogP contribution is 2.39. The highest BCUT2D eigenvalue weighted by atomic mass is 32.1. The second-order valence-electron chi connectivity index (χ2n) is 14.9. The first-order valence-corrected chi connectivity index (χ1v) is 21.7. The van der Waals surface area contributed by atoms with E-state index in [1.807, 2.05) is 54.6 Å². The van der Waals surface area contributed by atoms with Gasteiger partial charge in [-0.2, -0.15) is 0 Å². The van der Waals surface area contributed by atoms with Crippen LogP contribution < -0.4 is 0 Å². The van der Waals surface area contributed by atoms with Crippen LogP contribution in [-0.4, -0.2) is 22.8 Å². The summed E-state index contributed by atoms with van der Waals surface area (Å²) in [4.78, 5) is 3.15. The van der Waals surface area contributed by atoms with Crippen molar-refractivity contribution in [1.82, 2.24) is 0 Å². The van der Waals surface area contributed by atoms with E-state index in [1.165, 1.54) is 41.9 Å². The minimum Gasteiger partial charge on any atom is -0.298 e. The van der Waals surface area contributed by atoms with Gasteiger partial charge in [-0.15, -0.1) is 22.7 Å². The molecule has 0 bridgehead atoms. The van der Waals surface area contributed by atoms with E-state index in [0.29, 0.717) is 51.0 Å². The van der Waals surface area contributed by atoms with Gasteiger partial charge in [0.15, 0.2) is 0 Å². The Morgan fingerprint density at radius 2 is 1.11 bits per heavy atom. The lowest BCUT2D eigenvalue weighted by molar-refractivity contribution is 0.421. The smallest absolute Gasteiger partial charge is 0.132 e. The van der Waals surface area contributed by atoms with Gasteiger partial charge in [-0.1, -0.05) is 108 Å². The van der Waals surface area contributed by atoms with E-state index in [9.17, 15) is 0 Å². The molecule has 0 saturated heterocycles. The third-order valence-corrected chi connectivity index (χ3v) is 13.6. The first kappa shape index (κ1) is 41.3. The number of benzene rings is 2. The molecule has 0 fully saturated rings. The third-order valence-electron chi connectivity index (χ3n) is 11.1. The maximum atomic E-state index is 15.4. The SMILES string of the molecule is CCCCC(CC)CCc1ccc(-c2ccc(C3=CC=C(C4=CC=C(c5ccc(-c6ccc(CCC(C)CC)cc6F)s5)/C(=N/S)C4=N)C(=N)C3=N)s2)c(F)c1. The number of rotatable bonds is 16. The van der Waals surface area contributed by atoms with Crippen molar-refractivity contribution in [3.05, 3.63) is 129 Å². The maximum absolute atomic E-state index is 15.4. The van der Waals surface area contributed by atoms with Crippen molar-refractivity contribution in [2.45, 2.75) is 85.5 Å². The zero-order chi connectivity index (χ0) is 39.9. The quantitative estimate of drug-likeness (QED) is 0.0642. The van der Waals surface area contributed by atoms with Gasteiger partial charge in [-0.25, -0.2) is 13.2 Å². The molecule has 0 amide bonds. The molecule has 2 aliphatic rings. The van der Waals surface area contributed by atoms with Gasteiger partial charge >= 0.3 is 0 Å². The number of allylic oxidation sites excluding steroid dienone is 8. The molecule has 2 aromatic carbocycles. The lowest BCUT2D eigenvalue weighted by Gasteiger charge is -2.22. The van der Waals surface area contributed by atoms with Gasteiger partial charge in [0.2, 0.25) is 0 Å². The van der Waals surface area contributed by atoms with Crippen molar-refractivity contribution in [2.24, 2.45) is 16.2 Å². The zero-order valence-electron chi connectivity index (χ0n) is 32.6. The number of hydrogen-bond acceptors (Lipinski definition) is 7. The summed E-state index contributed by atoms with van der Waals surface area (Å²) >= 11 is 7.06. The first-order valence-electron chi connectivity index (χ1n) is 19.7. The monoisotopic (exact) mass is 804 g/mol. The minimum absolute atomic E-state index is 0.00912. The van der Waals surface area contributed by atoms with E-state index >= 15 is 8.78 Å². The van der Waals surface area contributed by atoms with Gasteiger partial charge in [0.25, 0.3) is 0 Å². The molecule has 0 saturated carbocycles. The first-order chi connectivity index (χ1) is 27.1.